The van der Waals surface area contributed by atoms with E-state index in [0.717, 1.165) is 6.42 Å². The van der Waals surface area contributed by atoms with Gasteiger partial charge in [0.05, 0.1) is 12.0 Å². The molecule has 1 aliphatic heterocycles. The van der Waals surface area contributed by atoms with Crippen LogP contribution in [0.3, 0.4) is 0 Å². The number of esters is 1. The van der Waals surface area contributed by atoms with Gasteiger partial charge in [0.1, 0.15) is 12.7 Å². The first-order valence-electron chi connectivity index (χ1n) is 6.61. The maximum atomic E-state index is 12.0. The van der Waals surface area contributed by atoms with Crippen LogP contribution < -0.4 is 0 Å². The van der Waals surface area contributed by atoms with Gasteiger partial charge in [-0.25, -0.2) is 0 Å². The molecule has 1 fully saturated rings. The third kappa shape index (κ3) is 4.58. The molecule has 4 nitrogen and oxygen atoms in total. The van der Waals surface area contributed by atoms with Crippen LogP contribution in [-0.2, 0) is 19.0 Å². The molecule has 0 aromatic heterocycles. The lowest BCUT2D eigenvalue weighted by atomic mass is 9.84. The lowest BCUT2D eigenvalue weighted by molar-refractivity contribution is -0.166. The Morgan fingerprint density at radius 3 is 2.50 bits per heavy atom. The van der Waals surface area contributed by atoms with Crippen LogP contribution in [0.1, 0.15) is 48.0 Å². The van der Waals surface area contributed by atoms with E-state index in [9.17, 15) is 4.79 Å². The molecule has 1 atom stereocenters. The summed E-state index contributed by atoms with van der Waals surface area (Å²) in [6.45, 7) is 12.5. The van der Waals surface area contributed by atoms with Gasteiger partial charge in [0.2, 0.25) is 0 Å². The summed E-state index contributed by atoms with van der Waals surface area (Å²) in [6.07, 6.45) is 0.665. The molecular weight excluding hydrogens is 232 g/mol. The van der Waals surface area contributed by atoms with Crippen molar-refractivity contribution in [1.82, 2.24) is 0 Å². The molecule has 0 bridgehead atoms. The quantitative estimate of drug-likeness (QED) is 0.711. The fourth-order valence-corrected chi connectivity index (χ4v) is 2.31. The zero-order chi connectivity index (χ0) is 14.0. The van der Waals surface area contributed by atoms with Gasteiger partial charge in [0.15, 0.2) is 5.79 Å². The summed E-state index contributed by atoms with van der Waals surface area (Å²) < 4.78 is 16.4. The number of ether oxygens (including phenoxy) is 3. The number of hydrogen-bond acceptors (Lipinski definition) is 4. The first-order valence-corrected chi connectivity index (χ1v) is 6.61. The van der Waals surface area contributed by atoms with Crippen molar-refractivity contribution in [2.24, 2.45) is 11.3 Å². The van der Waals surface area contributed by atoms with E-state index in [1.807, 2.05) is 27.7 Å². The maximum absolute atomic E-state index is 12.0. The molecule has 0 radical (unpaired) electrons. The third-order valence-electron chi connectivity index (χ3n) is 2.94. The number of carbonyl (C=O) groups excluding carboxylic acids is 1. The number of hydrogen-bond donors (Lipinski definition) is 0. The van der Waals surface area contributed by atoms with E-state index in [1.54, 1.807) is 0 Å². The first-order chi connectivity index (χ1) is 8.12. The zero-order valence-corrected chi connectivity index (χ0v) is 12.4. The van der Waals surface area contributed by atoms with Crippen molar-refractivity contribution in [3.05, 3.63) is 0 Å². The van der Waals surface area contributed by atoms with Crippen molar-refractivity contribution in [2.75, 3.05) is 13.2 Å². The molecular formula is C14H26O4. The molecule has 18 heavy (non-hydrogen) atoms. The van der Waals surface area contributed by atoms with Crippen LogP contribution in [0.4, 0.5) is 0 Å². The smallest absolute Gasteiger partial charge is 0.311 e. The van der Waals surface area contributed by atoms with E-state index in [4.69, 9.17) is 14.2 Å². The molecule has 0 aromatic rings. The van der Waals surface area contributed by atoms with E-state index in [0.29, 0.717) is 12.5 Å². The largest absolute Gasteiger partial charge is 0.462 e. The van der Waals surface area contributed by atoms with Crippen molar-refractivity contribution in [1.29, 1.82) is 0 Å². The summed E-state index contributed by atoms with van der Waals surface area (Å²) in [5.74, 6) is -0.257. The summed E-state index contributed by atoms with van der Waals surface area (Å²) in [4.78, 5) is 12.0. The molecule has 4 heteroatoms. The van der Waals surface area contributed by atoms with E-state index in [1.165, 1.54) is 0 Å². The van der Waals surface area contributed by atoms with Gasteiger partial charge >= 0.3 is 5.97 Å². The summed E-state index contributed by atoms with van der Waals surface area (Å²) in [5.41, 5.74) is -0.441. The summed E-state index contributed by atoms with van der Waals surface area (Å²) >= 11 is 0. The van der Waals surface area contributed by atoms with Crippen LogP contribution in [0.15, 0.2) is 0 Å². The molecule has 0 N–H and O–H groups in total. The molecule has 1 saturated heterocycles. The second-order valence-electron chi connectivity index (χ2n) is 6.53. The minimum atomic E-state index is -0.565. The van der Waals surface area contributed by atoms with Gasteiger partial charge < -0.3 is 14.2 Å². The average Bonchev–Trinajstić information content (AvgIpc) is 2.52. The Kier molecular flexibility index (Phi) is 4.78. The lowest BCUT2D eigenvalue weighted by Gasteiger charge is -2.25. The van der Waals surface area contributed by atoms with Gasteiger partial charge in [-0.1, -0.05) is 13.8 Å². The molecule has 1 unspecified atom stereocenters. The van der Waals surface area contributed by atoms with Crippen LogP contribution in [0.5, 0.6) is 0 Å². The second kappa shape index (κ2) is 5.57. The zero-order valence-electron chi connectivity index (χ0n) is 12.4. The highest BCUT2D eigenvalue weighted by atomic mass is 16.7. The third-order valence-corrected chi connectivity index (χ3v) is 2.94. The van der Waals surface area contributed by atoms with E-state index in [-0.39, 0.29) is 18.7 Å². The second-order valence-corrected chi connectivity index (χ2v) is 6.53. The highest BCUT2D eigenvalue weighted by Gasteiger charge is 2.35. The highest BCUT2D eigenvalue weighted by Crippen LogP contribution is 2.28. The van der Waals surface area contributed by atoms with Gasteiger partial charge in [0.25, 0.3) is 0 Å². The average molecular weight is 258 g/mol. The standard InChI is InChI=1S/C14H26O4/c1-10(2)7-13(3,4)12(15)16-8-11-9-17-14(5,6)18-11/h10-11H,7-9H2,1-6H3. The number of carbonyl (C=O) groups is 1. The first kappa shape index (κ1) is 15.4. The van der Waals surface area contributed by atoms with Crippen molar-refractivity contribution in [3.63, 3.8) is 0 Å². The van der Waals surface area contributed by atoms with Crippen molar-refractivity contribution < 1.29 is 19.0 Å². The Hall–Kier alpha value is -0.610. The molecule has 1 aliphatic rings. The fraction of sp³-hybridized carbons (Fsp3) is 0.929. The predicted molar refractivity (Wildman–Crippen MR) is 69.1 cm³/mol. The van der Waals surface area contributed by atoms with E-state index < -0.39 is 11.2 Å². The Morgan fingerprint density at radius 1 is 1.44 bits per heavy atom. The SMILES string of the molecule is CC(C)CC(C)(C)C(=O)OCC1COC(C)(C)O1. The summed E-state index contributed by atoms with van der Waals surface area (Å²) in [7, 11) is 0. The minimum absolute atomic E-state index is 0.154. The molecule has 0 aliphatic carbocycles. The molecule has 106 valence electrons. The van der Waals surface area contributed by atoms with Crippen LogP contribution >= 0.6 is 0 Å². The molecule has 0 amide bonds. The number of rotatable bonds is 5. The van der Waals surface area contributed by atoms with Crippen LogP contribution in [0, 0.1) is 11.3 Å². The normalized spacial score (nSPS) is 23.4. The molecule has 0 saturated carbocycles. The molecule has 1 heterocycles. The van der Waals surface area contributed by atoms with Gasteiger partial charge in [-0.3, -0.25) is 4.79 Å². The van der Waals surface area contributed by atoms with Gasteiger partial charge in [-0.2, -0.15) is 0 Å². The topological polar surface area (TPSA) is 44.8 Å². The Balaban J connectivity index is 2.37. The van der Waals surface area contributed by atoms with Crippen LogP contribution in [0.2, 0.25) is 0 Å². The minimum Gasteiger partial charge on any atom is -0.462 e. The lowest BCUT2D eigenvalue weighted by Crippen LogP contribution is -2.32. The Bertz CT molecular complexity index is 294. The summed E-state index contributed by atoms with van der Waals surface area (Å²) in [6, 6.07) is 0. The van der Waals surface area contributed by atoms with Crippen LogP contribution in [-0.4, -0.2) is 31.1 Å². The Morgan fingerprint density at radius 2 is 2.06 bits per heavy atom. The molecule has 0 spiro atoms. The van der Waals surface area contributed by atoms with Crippen molar-refractivity contribution >= 4 is 5.97 Å². The van der Waals surface area contributed by atoms with Gasteiger partial charge in [0, 0.05) is 0 Å². The predicted octanol–water partition coefficient (Wildman–Crippen LogP) is 2.75. The van der Waals surface area contributed by atoms with Gasteiger partial charge in [-0.15, -0.1) is 0 Å². The molecule has 0 aromatic carbocycles. The van der Waals surface area contributed by atoms with Crippen LogP contribution in [0.25, 0.3) is 0 Å². The monoisotopic (exact) mass is 258 g/mol. The van der Waals surface area contributed by atoms with Gasteiger partial charge in [-0.05, 0) is 40.0 Å². The fourth-order valence-electron chi connectivity index (χ4n) is 2.31. The van der Waals surface area contributed by atoms with E-state index in [2.05, 4.69) is 13.8 Å². The molecule has 1 rings (SSSR count). The maximum Gasteiger partial charge on any atom is 0.311 e. The summed E-state index contributed by atoms with van der Waals surface area (Å²) in [5, 5.41) is 0. The van der Waals surface area contributed by atoms with Crippen molar-refractivity contribution in [2.45, 2.75) is 59.9 Å². The highest BCUT2D eigenvalue weighted by molar-refractivity contribution is 5.75. The van der Waals surface area contributed by atoms with E-state index >= 15 is 0 Å². The Labute approximate surface area is 110 Å². The van der Waals surface area contributed by atoms with Crippen molar-refractivity contribution in [3.8, 4) is 0 Å².